The van der Waals surface area contributed by atoms with Crippen molar-refractivity contribution in [3.8, 4) is 11.3 Å². The molecule has 0 aliphatic rings. The number of hydrogen-bond acceptors (Lipinski definition) is 2. The highest BCUT2D eigenvalue weighted by Gasteiger charge is 2.10. The SMILES string of the molecule is Cc1cc(C)c(-c2csc(=[NH2+])o2)c(C)c1. The van der Waals surface area contributed by atoms with Crippen molar-refractivity contribution < 1.29 is 9.83 Å². The van der Waals surface area contributed by atoms with Crippen LogP contribution in [0, 0.1) is 20.8 Å². The lowest BCUT2D eigenvalue weighted by atomic mass is 9.99. The van der Waals surface area contributed by atoms with Gasteiger partial charge in [0.15, 0.2) is 5.76 Å². The van der Waals surface area contributed by atoms with Crippen LogP contribution >= 0.6 is 11.3 Å². The molecule has 0 radical (unpaired) electrons. The average molecular weight is 220 g/mol. The van der Waals surface area contributed by atoms with Crippen molar-refractivity contribution in [2.45, 2.75) is 20.8 Å². The Bertz CT molecular complexity index is 528. The Morgan fingerprint density at radius 3 is 2.20 bits per heavy atom. The summed E-state index contributed by atoms with van der Waals surface area (Å²) in [6.07, 6.45) is 0. The predicted octanol–water partition coefficient (Wildman–Crippen LogP) is 1.59. The van der Waals surface area contributed by atoms with Gasteiger partial charge >= 0.3 is 4.87 Å². The first-order valence-electron chi connectivity index (χ1n) is 4.83. The summed E-state index contributed by atoms with van der Waals surface area (Å²) in [5.41, 5.74) is 4.90. The van der Waals surface area contributed by atoms with Crippen LogP contribution in [-0.4, -0.2) is 0 Å². The quantitative estimate of drug-likeness (QED) is 0.779. The molecule has 0 saturated heterocycles. The van der Waals surface area contributed by atoms with E-state index in [1.165, 1.54) is 28.0 Å². The molecule has 0 bridgehead atoms. The van der Waals surface area contributed by atoms with Gasteiger partial charge in [0.1, 0.15) is 0 Å². The summed E-state index contributed by atoms with van der Waals surface area (Å²) in [5.74, 6) is 0.868. The normalized spacial score (nSPS) is 10.6. The largest absolute Gasteiger partial charge is 0.426 e. The van der Waals surface area contributed by atoms with Gasteiger partial charge in [-0.05, 0) is 43.2 Å². The maximum atomic E-state index is 5.60. The molecule has 0 atom stereocenters. The molecule has 0 unspecified atom stereocenters. The van der Waals surface area contributed by atoms with Crippen molar-refractivity contribution in [3.05, 3.63) is 39.1 Å². The highest BCUT2D eigenvalue weighted by Crippen LogP contribution is 2.28. The van der Waals surface area contributed by atoms with E-state index in [-0.39, 0.29) is 0 Å². The monoisotopic (exact) mass is 220 g/mol. The fourth-order valence-corrected chi connectivity index (χ4v) is 2.47. The number of benzene rings is 1. The van der Waals surface area contributed by atoms with Gasteiger partial charge in [-0.3, -0.25) is 0 Å². The topological polar surface area (TPSA) is 38.7 Å². The molecule has 1 aromatic carbocycles. The van der Waals surface area contributed by atoms with Crippen molar-refractivity contribution in [1.82, 2.24) is 0 Å². The first-order valence-corrected chi connectivity index (χ1v) is 5.71. The zero-order valence-electron chi connectivity index (χ0n) is 9.13. The third-order valence-corrected chi connectivity index (χ3v) is 3.06. The van der Waals surface area contributed by atoms with E-state index in [1.807, 2.05) is 5.38 Å². The molecule has 2 rings (SSSR count). The molecule has 0 aliphatic carbocycles. The van der Waals surface area contributed by atoms with E-state index in [9.17, 15) is 0 Å². The Kier molecular flexibility index (Phi) is 2.49. The van der Waals surface area contributed by atoms with E-state index >= 15 is 0 Å². The Morgan fingerprint density at radius 2 is 1.73 bits per heavy atom. The Balaban J connectivity index is 2.67. The van der Waals surface area contributed by atoms with Gasteiger partial charge in [-0.1, -0.05) is 17.7 Å². The molecule has 1 heterocycles. The van der Waals surface area contributed by atoms with Crippen LogP contribution in [0.15, 0.2) is 21.9 Å². The molecule has 3 heteroatoms. The average Bonchev–Trinajstić information content (AvgIpc) is 2.49. The van der Waals surface area contributed by atoms with Crippen molar-refractivity contribution in [1.29, 1.82) is 0 Å². The van der Waals surface area contributed by atoms with E-state index in [0.29, 0.717) is 4.87 Å². The number of aryl methyl sites for hydroxylation is 3. The van der Waals surface area contributed by atoms with E-state index in [4.69, 9.17) is 9.83 Å². The van der Waals surface area contributed by atoms with Crippen LogP contribution in [0.25, 0.3) is 11.3 Å². The third-order valence-electron chi connectivity index (χ3n) is 2.42. The van der Waals surface area contributed by atoms with Crippen molar-refractivity contribution in [2.75, 3.05) is 0 Å². The van der Waals surface area contributed by atoms with Gasteiger partial charge in [0.05, 0.1) is 0 Å². The molecular weight excluding hydrogens is 206 g/mol. The molecule has 78 valence electrons. The van der Waals surface area contributed by atoms with Gasteiger partial charge in [0.25, 0.3) is 0 Å². The van der Waals surface area contributed by atoms with Gasteiger partial charge in [-0.25, -0.2) is 5.41 Å². The summed E-state index contributed by atoms with van der Waals surface area (Å²) in [7, 11) is 0. The third kappa shape index (κ3) is 1.88. The van der Waals surface area contributed by atoms with Crippen molar-refractivity contribution in [2.24, 2.45) is 0 Å². The van der Waals surface area contributed by atoms with Crippen LogP contribution in [0.4, 0.5) is 0 Å². The summed E-state index contributed by atoms with van der Waals surface area (Å²) in [5, 5.41) is 7.56. The molecule has 2 nitrogen and oxygen atoms in total. The predicted molar refractivity (Wildman–Crippen MR) is 61.3 cm³/mol. The minimum Gasteiger partial charge on any atom is -0.396 e. The minimum absolute atomic E-state index is 0.504. The molecule has 0 saturated carbocycles. The van der Waals surface area contributed by atoms with Crippen LogP contribution in [0.5, 0.6) is 0 Å². The number of nitrogens with two attached hydrogens (primary N) is 1. The Labute approximate surface area is 92.7 Å². The Morgan fingerprint density at radius 1 is 1.13 bits per heavy atom. The standard InChI is InChI=1S/C12H13NOS/c1-7-4-8(2)11(9(3)5-7)10-6-15-12(13)14-10/h4-6,13H,1-3H3/p+1. The van der Waals surface area contributed by atoms with Gasteiger partial charge in [-0.15, -0.1) is 0 Å². The molecular formula is C12H14NOS+. The lowest BCUT2D eigenvalue weighted by molar-refractivity contribution is -0.190. The molecule has 0 fully saturated rings. The first-order chi connectivity index (χ1) is 7.08. The van der Waals surface area contributed by atoms with E-state index in [1.54, 1.807) is 0 Å². The van der Waals surface area contributed by atoms with Crippen LogP contribution < -0.4 is 10.3 Å². The fraction of sp³-hybridized carbons (Fsp3) is 0.250. The number of hydrogen-bond donors (Lipinski definition) is 1. The second kappa shape index (κ2) is 3.66. The van der Waals surface area contributed by atoms with Gasteiger partial charge < -0.3 is 4.42 Å². The molecule has 0 amide bonds. The van der Waals surface area contributed by atoms with Crippen LogP contribution in [-0.2, 0) is 0 Å². The molecule has 0 aliphatic heterocycles. The number of rotatable bonds is 1. The lowest BCUT2D eigenvalue weighted by Gasteiger charge is -2.07. The van der Waals surface area contributed by atoms with Gasteiger partial charge in [-0.2, -0.15) is 0 Å². The maximum absolute atomic E-state index is 5.60. The van der Waals surface area contributed by atoms with Crippen LogP contribution in [0.3, 0.4) is 0 Å². The first kappa shape index (κ1) is 10.2. The van der Waals surface area contributed by atoms with Crippen LogP contribution in [0.1, 0.15) is 16.7 Å². The summed E-state index contributed by atoms with van der Waals surface area (Å²) < 4.78 is 5.47. The van der Waals surface area contributed by atoms with Crippen LogP contribution in [0.2, 0.25) is 0 Å². The molecule has 15 heavy (non-hydrogen) atoms. The zero-order chi connectivity index (χ0) is 11.0. The molecule has 1 aromatic heterocycles. The highest BCUT2D eigenvalue weighted by atomic mass is 32.1. The second-order valence-corrected chi connectivity index (χ2v) is 4.67. The lowest BCUT2D eigenvalue weighted by Crippen LogP contribution is -2.41. The summed E-state index contributed by atoms with van der Waals surface area (Å²) >= 11 is 1.43. The van der Waals surface area contributed by atoms with Crippen molar-refractivity contribution >= 4 is 11.3 Å². The van der Waals surface area contributed by atoms with Gasteiger partial charge in [0, 0.05) is 10.9 Å². The van der Waals surface area contributed by atoms with Gasteiger partial charge in [0.2, 0.25) is 0 Å². The summed E-state index contributed by atoms with van der Waals surface area (Å²) in [4.78, 5) is 0.504. The fourth-order valence-electron chi connectivity index (χ4n) is 1.95. The molecule has 0 spiro atoms. The van der Waals surface area contributed by atoms with E-state index in [0.717, 1.165) is 11.3 Å². The molecule has 2 aromatic rings. The highest BCUT2D eigenvalue weighted by molar-refractivity contribution is 7.07. The summed E-state index contributed by atoms with van der Waals surface area (Å²) in [6.45, 7) is 6.29. The smallest absolute Gasteiger partial charge is 0.396 e. The Hall–Kier alpha value is -1.35. The summed E-state index contributed by atoms with van der Waals surface area (Å²) in [6, 6.07) is 4.32. The minimum atomic E-state index is 0.504. The second-order valence-electron chi connectivity index (χ2n) is 3.79. The zero-order valence-corrected chi connectivity index (χ0v) is 9.94. The van der Waals surface area contributed by atoms with E-state index < -0.39 is 0 Å². The van der Waals surface area contributed by atoms with Crippen molar-refractivity contribution in [3.63, 3.8) is 0 Å². The van der Waals surface area contributed by atoms with E-state index in [2.05, 4.69) is 32.9 Å². The molecule has 2 N–H and O–H groups in total. The maximum Gasteiger partial charge on any atom is 0.426 e.